The quantitative estimate of drug-likeness (QED) is 0.595. The second-order valence-electron chi connectivity index (χ2n) is 5.19. The van der Waals surface area contributed by atoms with Crippen LogP contribution in [0.3, 0.4) is 0 Å². The zero-order valence-corrected chi connectivity index (χ0v) is 13.9. The van der Waals surface area contributed by atoms with Crippen molar-refractivity contribution < 1.29 is 23.5 Å². The number of benzene rings is 1. The van der Waals surface area contributed by atoms with E-state index < -0.39 is 24.5 Å². The molecule has 0 bridgehead atoms. The average Bonchev–Trinajstić information content (AvgIpc) is 3.38. The topological polar surface area (TPSA) is 141 Å². The number of amides is 3. The first-order valence-corrected chi connectivity index (χ1v) is 7.72. The molecule has 2 heterocycles. The predicted molar refractivity (Wildman–Crippen MR) is 88.5 cm³/mol. The van der Waals surface area contributed by atoms with Crippen LogP contribution in [0.4, 0.5) is 4.79 Å². The molecule has 3 amide bonds. The standard InChI is InChI=1S/C16H14N6O5/c23-14(19-16(25)17-8-13-2-1-7-26-13)9-27-15(24)11-3-5-12(6-4-11)22-10-18-20-21-22/h1-7,10H,8-9H2,(H2,17,19,23,25). The number of ether oxygens (including phenoxy) is 1. The lowest BCUT2D eigenvalue weighted by atomic mass is 10.2. The first kappa shape index (κ1) is 17.8. The fourth-order valence-electron chi connectivity index (χ4n) is 2.03. The number of furan rings is 1. The molecule has 138 valence electrons. The molecule has 2 aromatic heterocycles. The molecule has 0 saturated carbocycles. The van der Waals surface area contributed by atoms with Crippen molar-refractivity contribution in [3.05, 3.63) is 60.3 Å². The van der Waals surface area contributed by atoms with Crippen molar-refractivity contribution in [1.29, 1.82) is 0 Å². The van der Waals surface area contributed by atoms with E-state index in [1.54, 1.807) is 24.3 Å². The van der Waals surface area contributed by atoms with E-state index in [1.165, 1.54) is 29.4 Å². The number of esters is 1. The van der Waals surface area contributed by atoms with Crippen LogP contribution in [0.5, 0.6) is 0 Å². The minimum Gasteiger partial charge on any atom is -0.467 e. The van der Waals surface area contributed by atoms with E-state index in [4.69, 9.17) is 9.15 Å². The highest BCUT2D eigenvalue weighted by atomic mass is 16.5. The number of hydrogen-bond acceptors (Lipinski definition) is 8. The van der Waals surface area contributed by atoms with Gasteiger partial charge in [-0.2, -0.15) is 0 Å². The average molecular weight is 370 g/mol. The minimum atomic E-state index is -0.759. The van der Waals surface area contributed by atoms with E-state index in [2.05, 4.69) is 20.8 Å². The summed E-state index contributed by atoms with van der Waals surface area (Å²) in [6.07, 6.45) is 2.88. The van der Waals surface area contributed by atoms with Crippen LogP contribution in [0.25, 0.3) is 5.69 Å². The van der Waals surface area contributed by atoms with E-state index in [0.29, 0.717) is 11.4 Å². The summed E-state index contributed by atoms with van der Waals surface area (Å²) in [7, 11) is 0. The molecule has 11 heteroatoms. The summed E-state index contributed by atoms with van der Waals surface area (Å²) in [5.74, 6) is -0.927. The number of hydrogen-bond donors (Lipinski definition) is 2. The van der Waals surface area contributed by atoms with Gasteiger partial charge < -0.3 is 14.5 Å². The zero-order valence-electron chi connectivity index (χ0n) is 13.9. The van der Waals surface area contributed by atoms with Gasteiger partial charge in [-0.25, -0.2) is 14.3 Å². The molecule has 27 heavy (non-hydrogen) atoms. The van der Waals surface area contributed by atoms with Crippen LogP contribution in [0, 0.1) is 0 Å². The van der Waals surface area contributed by atoms with Crippen molar-refractivity contribution in [2.24, 2.45) is 0 Å². The van der Waals surface area contributed by atoms with Crippen LogP contribution in [-0.4, -0.2) is 44.7 Å². The maximum absolute atomic E-state index is 12.0. The predicted octanol–water partition coefficient (Wildman–Crippen LogP) is 0.438. The number of urea groups is 1. The van der Waals surface area contributed by atoms with E-state index in [-0.39, 0.29) is 12.1 Å². The molecule has 2 N–H and O–H groups in total. The van der Waals surface area contributed by atoms with E-state index in [1.807, 2.05) is 5.32 Å². The number of carbonyl (C=O) groups excluding carboxylic acids is 3. The van der Waals surface area contributed by atoms with Crippen LogP contribution in [0.2, 0.25) is 0 Å². The molecule has 0 fully saturated rings. The smallest absolute Gasteiger partial charge is 0.338 e. The first-order valence-electron chi connectivity index (χ1n) is 7.72. The Bertz CT molecular complexity index is 905. The Labute approximate surface area is 152 Å². The SMILES string of the molecule is O=C(COC(=O)c1ccc(-n2cnnn2)cc1)NC(=O)NCc1ccco1. The zero-order chi connectivity index (χ0) is 19.1. The summed E-state index contributed by atoms with van der Waals surface area (Å²) >= 11 is 0. The van der Waals surface area contributed by atoms with Gasteiger partial charge in [0.1, 0.15) is 12.1 Å². The summed E-state index contributed by atoms with van der Waals surface area (Å²) in [5, 5.41) is 15.2. The molecule has 0 aliphatic carbocycles. The molecule has 1 aromatic carbocycles. The lowest BCUT2D eigenvalue weighted by molar-refractivity contribution is -0.123. The molecular formula is C16H14N6O5. The number of rotatable bonds is 6. The molecule has 0 radical (unpaired) electrons. The summed E-state index contributed by atoms with van der Waals surface area (Å²) in [6.45, 7) is -0.471. The van der Waals surface area contributed by atoms with Gasteiger partial charge in [-0.1, -0.05) is 0 Å². The number of nitrogens with zero attached hydrogens (tertiary/aromatic N) is 4. The van der Waals surface area contributed by atoms with E-state index in [9.17, 15) is 14.4 Å². The third kappa shape index (κ3) is 4.98. The van der Waals surface area contributed by atoms with Crippen LogP contribution >= 0.6 is 0 Å². The maximum atomic E-state index is 12.0. The summed E-state index contributed by atoms with van der Waals surface area (Å²) < 4.78 is 11.3. The Morgan fingerprint density at radius 1 is 1.15 bits per heavy atom. The Balaban J connectivity index is 1.42. The highest BCUT2D eigenvalue weighted by Crippen LogP contribution is 2.08. The minimum absolute atomic E-state index is 0.125. The van der Waals surface area contributed by atoms with Crippen molar-refractivity contribution in [3.8, 4) is 5.69 Å². The number of aromatic nitrogens is 4. The fourth-order valence-corrected chi connectivity index (χ4v) is 2.03. The largest absolute Gasteiger partial charge is 0.467 e. The van der Waals surface area contributed by atoms with E-state index in [0.717, 1.165) is 0 Å². The fraction of sp³-hybridized carbons (Fsp3) is 0.125. The Morgan fingerprint density at radius 2 is 1.96 bits per heavy atom. The lowest BCUT2D eigenvalue weighted by Gasteiger charge is -2.07. The molecule has 0 unspecified atom stereocenters. The van der Waals surface area contributed by atoms with Gasteiger partial charge in [-0.3, -0.25) is 10.1 Å². The van der Waals surface area contributed by atoms with Gasteiger partial charge in [0, 0.05) is 0 Å². The summed E-state index contributed by atoms with van der Waals surface area (Å²) in [5.41, 5.74) is 0.893. The van der Waals surface area contributed by atoms with Crippen molar-refractivity contribution in [2.75, 3.05) is 6.61 Å². The monoisotopic (exact) mass is 370 g/mol. The third-order valence-electron chi connectivity index (χ3n) is 3.31. The Hall–Kier alpha value is -4.02. The number of nitrogens with one attached hydrogen (secondary N) is 2. The first-order chi connectivity index (χ1) is 13.1. The van der Waals surface area contributed by atoms with Crippen molar-refractivity contribution in [3.63, 3.8) is 0 Å². The van der Waals surface area contributed by atoms with Gasteiger partial charge in [0.2, 0.25) is 0 Å². The lowest BCUT2D eigenvalue weighted by Crippen LogP contribution is -2.41. The molecule has 0 aliphatic heterocycles. The maximum Gasteiger partial charge on any atom is 0.338 e. The normalized spacial score (nSPS) is 10.2. The van der Waals surface area contributed by atoms with Crippen molar-refractivity contribution in [1.82, 2.24) is 30.8 Å². The number of imide groups is 1. The van der Waals surface area contributed by atoms with Crippen LogP contribution in [-0.2, 0) is 16.1 Å². The van der Waals surface area contributed by atoms with Gasteiger partial charge in [0.15, 0.2) is 6.61 Å². The van der Waals surface area contributed by atoms with Crippen LogP contribution in [0.1, 0.15) is 16.1 Å². The third-order valence-corrected chi connectivity index (χ3v) is 3.31. The van der Waals surface area contributed by atoms with Crippen molar-refractivity contribution >= 4 is 17.9 Å². The number of tetrazole rings is 1. The molecule has 0 aliphatic rings. The molecule has 3 rings (SSSR count). The van der Waals surface area contributed by atoms with Gasteiger partial charge in [0.25, 0.3) is 5.91 Å². The van der Waals surface area contributed by atoms with E-state index >= 15 is 0 Å². The Kier molecular flexibility index (Phi) is 5.52. The van der Waals surface area contributed by atoms with Crippen LogP contribution < -0.4 is 10.6 Å². The summed E-state index contributed by atoms with van der Waals surface area (Å²) in [4.78, 5) is 35.2. The second-order valence-corrected chi connectivity index (χ2v) is 5.19. The molecule has 11 nitrogen and oxygen atoms in total. The Morgan fingerprint density at radius 3 is 2.63 bits per heavy atom. The van der Waals surface area contributed by atoms with Gasteiger partial charge in [-0.15, -0.1) is 5.10 Å². The highest BCUT2D eigenvalue weighted by molar-refractivity contribution is 5.97. The molecule has 0 saturated heterocycles. The molecule has 3 aromatic rings. The highest BCUT2D eigenvalue weighted by Gasteiger charge is 2.13. The summed E-state index contributed by atoms with van der Waals surface area (Å²) in [6, 6.07) is 8.88. The van der Waals surface area contributed by atoms with Crippen LogP contribution in [0.15, 0.2) is 53.4 Å². The van der Waals surface area contributed by atoms with Gasteiger partial charge in [0.05, 0.1) is 24.1 Å². The molecule has 0 spiro atoms. The van der Waals surface area contributed by atoms with Crippen molar-refractivity contribution in [2.45, 2.75) is 6.54 Å². The van der Waals surface area contributed by atoms with Gasteiger partial charge in [-0.05, 0) is 46.8 Å². The van der Waals surface area contributed by atoms with Gasteiger partial charge >= 0.3 is 12.0 Å². The molecular weight excluding hydrogens is 356 g/mol. The number of carbonyl (C=O) groups is 3. The molecule has 0 atom stereocenters. The second kappa shape index (κ2) is 8.38.